The van der Waals surface area contributed by atoms with Gasteiger partial charge in [0.2, 0.25) is 0 Å². The van der Waals surface area contributed by atoms with Crippen LogP contribution in [0.1, 0.15) is 23.6 Å². The molecule has 4 rings (SSSR count). The van der Waals surface area contributed by atoms with Gasteiger partial charge in [-0.15, -0.1) is 0 Å². The molecule has 156 valence electrons. The third kappa shape index (κ3) is 5.19. The highest BCUT2D eigenvalue weighted by atomic mass is 32.2. The molecule has 0 aliphatic rings. The molecule has 2 heterocycles. The van der Waals surface area contributed by atoms with Crippen molar-refractivity contribution in [2.45, 2.75) is 25.5 Å². The maximum absolute atomic E-state index is 12.4. The lowest BCUT2D eigenvalue weighted by Gasteiger charge is -2.09. The number of carbonyl (C=O) groups excluding carboxylic acids is 1. The van der Waals surface area contributed by atoms with Crippen molar-refractivity contribution in [2.75, 3.05) is 5.75 Å². The molecule has 4 aromatic rings. The van der Waals surface area contributed by atoms with E-state index in [0.717, 1.165) is 21.8 Å². The van der Waals surface area contributed by atoms with Crippen molar-refractivity contribution < 1.29 is 4.79 Å². The van der Waals surface area contributed by atoms with Gasteiger partial charge < -0.3 is 4.57 Å². The zero-order valence-corrected chi connectivity index (χ0v) is 18.3. The van der Waals surface area contributed by atoms with Crippen molar-refractivity contribution in [3.63, 3.8) is 0 Å². The summed E-state index contributed by atoms with van der Waals surface area (Å²) in [4.78, 5) is 21.2. The summed E-state index contributed by atoms with van der Waals surface area (Å²) in [5.41, 5.74) is 8.59. The first-order valence-corrected chi connectivity index (χ1v) is 11.0. The number of nitrogens with one attached hydrogen (secondary N) is 1. The first-order valence-electron chi connectivity index (χ1n) is 9.97. The van der Waals surface area contributed by atoms with Gasteiger partial charge in [0.1, 0.15) is 0 Å². The Bertz CT molecular complexity index is 1220. The van der Waals surface area contributed by atoms with E-state index in [9.17, 15) is 4.79 Å². The molecule has 2 aromatic carbocycles. The average Bonchev–Trinajstić information content (AvgIpc) is 3.15. The van der Waals surface area contributed by atoms with Gasteiger partial charge in [-0.3, -0.25) is 9.78 Å². The molecule has 1 N–H and O–H groups in total. The molecule has 2 aromatic heterocycles. The molecular weight excluding hydrogens is 406 g/mol. The molecule has 0 aliphatic carbocycles. The van der Waals surface area contributed by atoms with E-state index in [-0.39, 0.29) is 11.7 Å². The Hall–Kier alpha value is -3.45. The summed E-state index contributed by atoms with van der Waals surface area (Å²) in [5, 5.41) is 4.99. The number of thioether (sulfide) groups is 1. The number of nitrogens with zero attached hydrogens (tertiary/aromatic N) is 4. The number of benzene rings is 2. The summed E-state index contributed by atoms with van der Waals surface area (Å²) < 4.78 is 2.15. The molecule has 0 atom stereocenters. The summed E-state index contributed by atoms with van der Waals surface area (Å²) in [6, 6.07) is 20.2. The SMILES string of the molecule is C/C(=N/NC(=O)CSc1nc2ccccc2n1Cc1ccc(C)cc1)c1cccnc1. The number of rotatable bonds is 7. The first kappa shape index (κ1) is 20.8. The number of imidazole rings is 1. The summed E-state index contributed by atoms with van der Waals surface area (Å²) in [7, 11) is 0. The molecule has 0 saturated carbocycles. The van der Waals surface area contributed by atoms with Gasteiger partial charge in [-0.2, -0.15) is 5.10 Å². The maximum atomic E-state index is 12.4. The van der Waals surface area contributed by atoms with E-state index in [2.05, 4.69) is 57.3 Å². The van der Waals surface area contributed by atoms with E-state index < -0.39 is 0 Å². The minimum Gasteiger partial charge on any atom is -0.314 e. The zero-order valence-electron chi connectivity index (χ0n) is 17.4. The highest BCUT2D eigenvalue weighted by molar-refractivity contribution is 7.99. The number of aryl methyl sites for hydroxylation is 1. The Balaban J connectivity index is 1.47. The molecule has 1 amide bonds. The van der Waals surface area contributed by atoms with E-state index in [4.69, 9.17) is 4.98 Å². The Morgan fingerprint density at radius 3 is 2.68 bits per heavy atom. The van der Waals surface area contributed by atoms with E-state index >= 15 is 0 Å². The predicted octanol–water partition coefficient (Wildman–Crippen LogP) is 4.42. The van der Waals surface area contributed by atoms with Gasteiger partial charge in [0, 0.05) is 18.0 Å². The van der Waals surface area contributed by atoms with Crippen LogP contribution < -0.4 is 5.43 Å². The quantitative estimate of drug-likeness (QED) is 0.268. The van der Waals surface area contributed by atoms with Crippen LogP contribution in [0.25, 0.3) is 11.0 Å². The van der Waals surface area contributed by atoms with Gasteiger partial charge in [0.05, 0.1) is 29.0 Å². The fourth-order valence-electron chi connectivity index (χ4n) is 3.14. The van der Waals surface area contributed by atoms with Gasteiger partial charge in [-0.05, 0) is 37.6 Å². The third-order valence-corrected chi connectivity index (χ3v) is 5.82. The lowest BCUT2D eigenvalue weighted by molar-refractivity contribution is -0.118. The minimum atomic E-state index is -0.179. The molecular formula is C24H23N5OS. The Labute approximate surface area is 185 Å². The minimum absolute atomic E-state index is 0.179. The molecule has 0 unspecified atom stereocenters. The van der Waals surface area contributed by atoms with Crippen LogP contribution in [0.3, 0.4) is 0 Å². The van der Waals surface area contributed by atoms with Gasteiger partial charge in [-0.1, -0.05) is 59.8 Å². The van der Waals surface area contributed by atoms with Crippen LogP contribution in [0.2, 0.25) is 0 Å². The molecule has 6 nitrogen and oxygen atoms in total. The second kappa shape index (κ2) is 9.57. The predicted molar refractivity (Wildman–Crippen MR) is 125 cm³/mol. The average molecular weight is 430 g/mol. The van der Waals surface area contributed by atoms with E-state index in [1.165, 1.54) is 22.9 Å². The van der Waals surface area contributed by atoms with E-state index in [1.54, 1.807) is 12.4 Å². The fourth-order valence-corrected chi connectivity index (χ4v) is 3.95. The number of hydrogen-bond acceptors (Lipinski definition) is 5. The van der Waals surface area contributed by atoms with Crippen molar-refractivity contribution in [1.82, 2.24) is 20.0 Å². The zero-order chi connectivity index (χ0) is 21.6. The smallest absolute Gasteiger partial charge is 0.250 e. The van der Waals surface area contributed by atoms with Crippen molar-refractivity contribution in [3.8, 4) is 0 Å². The van der Waals surface area contributed by atoms with Crippen LogP contribution in [-0.4, -0.2) is 31.9 Å². The van der Waals surface area contributed by atoms with Crippen LogP contribution in [0.4, 0.5) is 0 Å². The van der Waals surface area contributed by atoms with Crippen LogP contribution in [0.5, 0.6) is 0 Å². The standard InChI is InChI=1S/C24H23N5OS/c1-17-9-11-19(12-10-17)15-29-22-8-4-3-7-21(22)26-24(29)31-16-23(30)28-27-18(2)20-6-5-13-25-14-20/h3-14H,15-16H2,1-2H3,(H,28,30)/b27-18-. The number of hydrazone groups is 1. The van der Waals surface area contributed by atoms with Crippen LogP contribution >= 0.6 is 11.8 Å². The number of fused-ring (bicyclic) bond motifs is 1. The van der Waals surface area contributed by atoms with Crippen molar-refractivity contribution in [2.24, 2.45) is 5.10 Å². The van der Waals surface area contributed by atoms with Gasteiger partial charge in [-0.25, -0.2) is 10.4 Å². The van der Waals surface area contributed by atoms with Crippen molar-refractivity contribution in [1.29, 1.82) is 0 Å². The lowest BCUT2D eigenvalue weighted by atomic mass is 10.1. The second-order valence-electron chi connectivity index (χ2n) is 7.22. The number of amides is 1. The van der Waals surface area contributed by atoms with Gasteiger partial charge >= 0.3 is 0 Å². The summed E-state index contributed by atoms with van der Waals surface area (Å²) >= 11 is 1.41. The first-order chi connectivity index (χ1) is 15.1. The van der Waals surface area contributed by atoms with Crippen LogP contribution in [0.15, 0.2) is 83.3 Å². The Kier molecular flexibility index (Phi) is 6.43. The number of carbonyl (C=O) groups is 1. The van der Waals surface area contributed by atoms with Crippen LogP contribution in [-0.2, 0) is 11.3 Å². The molecule has 0 radical (unpaired) electrons. The normalized spacial score (nSPS) is 11.6. The number of pyridine rings is 1. The van der Waals surface area contributed by atoms with Crippen molar-refractivity contribution in [3.05, 3.63) is 89.7 Å². The number of hydrogen-bond donors (Lipinski definition) is 1. The molecule has 0 spiro atoms. The van der Waals surface area contributed by atoms with Crippen LogP contribution in [0, 0.1) is 6.92 Å². The highest BCUT2D eigenvalue weighted by Crippen LogP contribution is 2.25. The lowest BCUT2D eigenvalue weighted by Crippen LogP contribution is -2.21. The highest BCUT2D eigenvalue weighted by Gasteiger charge is 2.13. The Morgan fingerprint density at radius 2 is 1.90 bits per heavy atom. The fraction of sp³-hybridized carbons (Fsp3) is 0.167. The molecule has 7 heteroatoms. The van der Waals surface area contributed by atoms with E-state index in [0.29, 0.717) is 12.3 Å². The molecule has 31 heavy (non-hydrogen) atoms. The van der Waals surface area contributed by atoms with Gasteiger partial charge in [0.15, 0.2) is 5.16 Å². The summed E-state index contributed by atoms with van der Waals surface area (Å²) in [6.45, 7) is 4.61. The summed E-state index contributed by atoms with van der Waals surface area (Å²) in [6.07, 6.45) is 3.42. The third-order valence-electron chi connectivity index (χ3n) is 4.84. The molecule has 0 fully saturated rings. The number of aromatic nitrogens is 3. The topological polar surface area (TPSA) is 72.2 Å². The van der Waals surface area contributed by atoms with Gasteiger partial charge in [0.25, 0.3) is 5.91 Å². The second-order valence-corrected chi connectivity index (χ2v) is 8.16. The monoisotopic (exact) mass is 429 g/mol. The summed E-state index contributed by atoms with van der Waals surface area (Å²) in [5.74, 6) is 0.0447. The molecule has 0 aliphatic heterocycles. The largest absolute Gasteiger partial charge is 0.314 e. The molecule has 0 bridgehead atoms. The van der Waals surface area contributed by atoms with Crippen molar-refractivity contribution >= 4 is 34.4 Å². The Morgan fingerprint density at radius 1 is 1.10 bits per heavy atom. The number of para-hydroxylation sites is 2. The van der Waals surface area contributed by atoms with E-state index in [1.807, 2.05) is 37.3 Å². The maximum Gasteiger partial charge on any atom is 0.250 e. The molecule has 0 saturated heterocycles.